The minimum absolute atomic E-state index is 0.0550. The van der Waals surface area contributed by atoms with Crippen molar-refractivity contribution < 1.29 is 18.7 Å². The smallest absolute Gasteiger partial charge is 0.256 e. The van der Waals surface area contributed by atoms with E-state index in [9.17, 15) is 14.4 Å². The van der Waals surface area contributed by atoms with Gasteiger partial charge in [0.05, 0.1) is 11.1 Å². The summed E-state index contributed by atoms with van der Waals surface area (Å²) in [5, 5.41) is 7.69. The Morgan fingerprint density at radius 1 is 1.11 bits per heavy atom. The van der Waals surface area contributed by atoms with E-state index < -0.39 is 17.2 Å². The Hall–Kier alpha value is -5.13. The van der Waals surface area contributed by atoms with Gasteiger partial charge in [0.15, 0.2) is 23.3 Å². The highest BCUT2D eigenvalue weighted by atomic mass is 19.1. The summed E-state index contributed by atoms with van der Waals surface area (Å²) in [5.74, 6) is 0.173. The van der Waals surface area contributed by atoms with Crippen molar-refractivity contribution in [2.45, 2.75) is 38.1 Å². The maximum atomic E-state index is 16.1. The molecule has 1 aromatic heterocycles. The second-order valence-corrected chi connectivity index (χ2v) is 12.5. The number of benzene rings is 3. The van der Waals surface area contributed by atoms with E-state index in [0.29, 0.717) is 61.9 Å². The zero-order valence-corrected chi connectivity index (χ0v) is 25.3. The van der Waals surface area contributed by atoms with Crippen LogP contribution in [0, 0.1) is 17.7 Å². The number of pyridine rings is 1. The predicted molar refractivity (Wildman–Crippen MR) is 175 cm³/mol. The number of nitrogens with one attached hydrogen (secondary N) is 2. The predicted octanol–water partition coefficient (Wildman–Crippen LogP) is 3.52. The standard InChI is InChI=1S/C34H36FN7O4/c35-26-13-24-29-32(30(26)41-9-8-23(16-41)40-18-43)46-28-12-22-7-2-1-6-21(22)11-27(28)42(29)17-25(31(24)44)33(45)38-14-19-4-3-5-20(10-19)15-39-34(36)37/h1-2,6-7,11-13,17-20,23H,3-5,8-10,14-16H2,(H,38,45)(H,40,43)(H4,36,37,39). The van der Waals surface area contributed by atoms with E-state index in [4.69, 9.17) is 16.2 Å². The lowest BCUT2D eigenvalue weighted by Crippen LogP contribution is -2.35. The second kappa shape index (κ2) is 12.0. The minimum atomic E-state index is -0.631. The lowest BCUT2D eigenvalue weighted by atomic mass is 9.81. The molecule has 3 atom stereocenters. The van der Waals surface area contributed by atoms with Crippen molar-refractivity contribution in [1.82, 2.24) is 15.2 Å². The maximum absolute atomic E-state index is 16.1. The van der Waals surface area contributed by atoms with Gasteiger partial charge in [-0.05, 0) is 66.5 Å². The molecular formula is C34H36FN7O4. The number of aliphatic imine (C=N–C) groups is 1. The summed E-state index contributed by atoms with van der Waals surface area (Å²) in [6, 6.07) is 12.7. The molecule has 0 bridgehead atoms. The van der Waals surface area contributed by atoms with E-state index in [1.807, 2.05) is 41.3 Å². The Kier molecular flexibility index (Phi) is 7.71. The Bertz CT molecular complexity index is 1950. The van der Waals surface area contributed by atoms with Crippen LogP contribution in [0.15, 0.2) is 58.4 Å². The lowest BCUT2D eigenvalue weighted by molar-refractivity contribution is -0.110. The van der Waals surface area contributed by atoms with Crippen LogP contribution in [0.2, 0.25) is 0 Å². The van der Waals surface area contributed by atoms with E-state index in [-0.39, 0.29) is 40.3 Å². The van der Waals surface area contributed by atoms with Gasteiger partial charge < -0.3 is 36.3 Å². The van der Waals surface area contributed by atoms with E-state index in [1.54, 1.807) is 10.8 Å². The van der Waals surface area contributed by atoms with E-state index in [1.165, 1.54) is 6.07 Å². The fourth-order valence-electron chi connectivity index (χ4n) is 7.26. The van der Waals surface area contributed by atoms with Gasteiger partial charge in [0, 0.05) is 38.4 Å². The molecule has 1 saturated heterocycles. The van der Waals surface area contributed by atoms with Crippen LogP contribution in [0.3, 0.4) is 0 Å². The first-order valence-corrected chi connectivity index (χ1v) is 15.7. The van der Waals surface area contributed by atoms with Crippen LogP contribution >= 0.6 is 0 Å². The molecule has 238 valence electrons. The average molecular weight is 626 g/mol. The third-order valence-electron chi connectivity index (χ3n) is 9.50. The first-order chi connectivity index (χ1) is 22.3. The van der Waals surface area contributed by atoms with Crippen LogP contribution in [0.4, 0.5) is 10.1 Å². The van der Waals surface area contributed by atoms with E-state index in [2.05, 4.69) is 15.6 Å². The first-order valence-electron chi connectivity index (χ1n) is 15.7. The Morgan fingerprint density at radius 3 is 2.67 bits per heavy atom. The molecule has 1 saturated carbocycles. The zero-order valence-electron chi connectivity index (χ0n) is 25.3. The van der Waals surface area contributed by atoms with Crippen LogP contribution in [0.1, 0.15) is 42.5 Å². The fraction of sp³-hybridized carbons (Fsp3) is 0.353. The highest BCUT2D eigenvalue weighted by Crippen LogP contribution is 2.48. The van der Waals surface area contributed by atoms with Gasteiger partial charge in [-0.25, -0.2) is 4.39 Å². The minimum Gasteiger partial charge on any atom is -0.451 e. The van der Waals surface area contributed by atoms with Crippen LogP contribution in [-0.4, -0.2) is 55.1 Å². The monoisotopic (exact) mass is 625 g/mol. The van der Waals surface area contributed by atoms with Crippen molar-refractivity contribution in [2.75, 3.05) is 31.1 Å². The SMILES string of the molecule is NC(N)=NCC1CCCC(CNC(=O)c2cn3c4c(c(N5CCC(NC=O)C5)c(F)cc4c2=O)Oc2cc4ccccc4cc2-3)C1. The van der Waals surface area contributed by atoms with Crippen molar-refractivity contribution in [3.05, 3.63) is 70.3 Å². The molecule has 3 heterocycles. The molecule has 1 aliphatic carbocycles. The van der Waals surface area contributed by atoms with Crippen LogP contribution in [0.5, 0.6) is 11.5 Å². The van der Waals surface area contributed by atoms with E-state index in [0.717, 1.165) is 36.5 Å². The normalized spacial score (nSPS) is 20.2. The van der Waals surface area contributed by atoms with Gasteiger partial charge in [-0.1, -0.05) is 30.7 Å². The molecule has 4 aromatic rings. The molecule has 12 heteroatoms. The van der Waals surface area contributed by atoms with Gasteiger partial charge in [0.1, 0.15) is 16.8 Å². The zero-order chi connectivity index (χ0) is 31.9. The van der Waals surface area contributed by atoms with Crippen molar-refractivity contribution in [2.24, 2.45) is 28.3 Å². The molecule has 2 amide bonds. The molecule has 0 radical (unpaired) electrons. The highest BCUT2D eigenvalue weighted by molar-refractivity contribution is 6.02. The number of amides is 2. The summed E-state index contributed by atoms with van der Waals surface area (Å²) in [4.78, 5) is 44.6. The van der Waals surface area contributed by atoms with Crippen LogP contribution in [0.25, 0.3) is 27.4 Å². The van der Waals surface area contributed by atoms with E-state index >= 15 is 4.39 Å². The molecule has 3 aliphatic rings. The number of hydrogen-bond donors (Lipinski definition) is 4. The van der Waals surface area contributed by atoms with Crippen molar-refractivity contribution in [1.29, 1.82) is 0 Å². The molecule has 46 heavy (non-hydrogen) atoms. The number of nitrogens with zero attached hydrogens (tertiary/aromatic N) is 3. The largest absolute Gasteiger partial charge is 0.451 e. The molecule has 3 unspecified atom stereocenters. The van der Waals surface area contributed by atoms with Crippen molar-refractivity contribution >= 4 is 45.6 Å². The Balaban J connectivity index is 1.29. The number of ether oxygens (including phenoxy) is 1. The number of aromatic nitrogens is 1. The summed E-state index contributed by atoms with van der Waals surface area (Å²) in [6.45, 7) is 1.84. The third-order valence-corrected chi connectivity index (χ3v) is 9.50. The number of hydrogen-bond acceptors (Lipinski definition) is 6. The summed E-state index contributed by atoms with van der Waals surface area (Å²) in [7, 11) is 0. The molecule has 0 spiro atoms. The highest BCUT2D eigenvalue weighted by Gasteiger charge is 2.34. The van der Waals surface area contributed by atoms with Crippen LogP contribution < -0.4 is 37.2 Å². The van der Waals surface area contributed by atoms with Gasteiger partial charge in [0.25, 0.3) is 5.91 Å². The lowest BCUT2D eigenvalue weighted by Gasteiger charge is -2.30. The summed E-state index contributed by atoms with van der Waals surface area (Å²) in [6.07, 6.45) is 6.68. The molecule has 2 fully saturated rings. The summed E-state index contributed by atoms with van der Waals surface area (Å²) < 4.78 is 24.3. The molecule has 7 rings (SSSR count). The molecule has 6 N–H and O–H groups in total. The number of fused-ring (bicyclic) bond motifs is 3. The number of carbonyl (C=O) groups excluding carboxylic acids is 2. The van der Waals surface area contributed by atoms with Gasteiger partial charge in [0.2, 0.25) is 11.8 Å². The van der Waals surface area contributed by atoms with Crippen molar-refractivity contribution in [3.63, 3.8) is 0 Å². The first kappa shape index (κ1) is 29.6. The van der Waals surface area contributed by atoms with Gasteiger partial charge in [-0.2, -0.15) is 0 Å². The number of guanidine groups is 1. The Morgan fingerprint density at radius 2 is 1.89 bits per heavy atom. The average Bonchev–Trinajstić information content (AvgIpc) is 3.51. The topological polar surface area (TPSA) is 157 Å². The van der Waals surface area contributed by atoms with Gasteiger partial charge in [-0.15, -0.1) is 0 Å². The molecular weight excluding hydrogens is 589 g/mol. The molecule has 2 aliphatic heterocycles. The number of nitrogens with two attached hydrogens (primary N) is 2. The van der Waals surface area contributed by atoms with Crippen molar-refractivity contribution in [3.8, 4) is 17.2 Å². The fourth-order valence-corrected chi connectivity index (χ4v) is 7.26. The number of carbonyl (C=O) groups is 2. The van der Waals surface area contributed by atoms with Crippen LogP contribution in [-0.2, 0) is 4.79 Å². The van der Waals surface area contributed by atoms with Gasteiger partial charge >= 0.3 is 0 Å². The summed E-state index contributed by atoms with van der Waals surface area (Å²) >= 11 is 0. The Labute approximate surface area is 264 Å². The third kappa shape index (κ3) is 5.37. The number of anilines is 1. The molecule has 3 aromatic carbocycles. The quantitative estimate of drug-likeness (QED) is 0.117. The number of halogens is 1. The molecule has 11 nitrogen and oxygen atoms in total. The maximum Gasteiger partial charge on any atom is 0.256 e. The number of rotatable bonds is 8. The van der Waals surface area contributed by atoms with Gasteiger partial charge in [-0.3, -0.25) is 19.4 Å². The summed E-state index contributed by atoms with van der Waals surface area (Å²) in [5.41, 5.74) is 11.6. The second-order valence-electron chi connectivity index (χ2n) is 12.5.